The molecular formula is C19H15N3O3S. The molecule has 3 heterocycles. The van der Waals surface area contributed by atoms with Crippen LogP contribution in [0.25, 0.3) is 21.1 Å². The number of fused-ring (bicyclic) bond motifs is 2. The molecule has 1 aromatic carbocycles. The molecular weight excluding hydrogens is 350 g/mol. The Morgan fingerprint density at radius 2 is 2.08 bits per heavy atom. The highest BCUT2D eigenvalue weighted by Crippen LogP contribution is 2.23. The van der Waals surface area contributed by atoms with Crippen molar-refractivity contribution in [1.82, 2.24) is 15.3 Å². The molecule has 3 aromatic heterocycles. The normalized spacial score (nSPS) is 12.4. The number of nitrogens with zero attached hydrogens (tertiary/aromatic N) is 2. The number of thiophene rings is 1. The van der Waals surface area contributed by atoms with E-state index in [0.29, 0.717) is 15.8 Å². The molecule has 0 bridgehead atoms. The first-order chi connectivity index (χ1) is 12.5. The molecule has 6 nitrogen and oxygen atoms in total. The maximum atomic E-state index is 12.7. The second-order valence-electron chi connectivity index (χ2n) is 6.01. The van der Waals surface area contributed by atoms with Crippen LogP contribution in [0.2, 0.25) is 0 Å². The molecule has 0 fully saturated rings. The van der Waals surface area contributed by atoms with Gasteiger partial charge in [-0.1, -0.05) is 18.2 Å². The number of nitrogens with one attached hydrogen (secondary N) is 1. The van der Waals surface area contributed by atoms with E-state index in [4.69, 9.17) is 4.42 Å². The third-order valence-corrected chi connectivity index (χ3v) is 5.17. The van der Waals surface area contributed by atoms with Gasteiger partial charge in [0.1, 0.15) is 10.9 Å². The van der Waals surface area contributed by atoms with Gasteiger partial charge in [-0.15, -0.1) is 11.3 Å². The molecule has 0 aliphatic heterocycles. The molecule has 26 heavy (non-hydrogen) atoms. The van der Waals surface area contributed by atoms with Gasteiger partial charge in [0.05, 0.1) is 16.5 Å². The number of benzene rings is 1. The molecule has 0 aliphatic carbocycles. The fourth-order valence-electron chi connectivity index (χ4n) is 2.85. The predicted molar refractivity (Wildman–Crippen MR) is 101 cm³/mol. The van der Waals surface area contributed by atoms with Crippen LogP contribution in [0.1, 0.15) is 34.8 Å². The molecule has 4 rings (SSSR count). The van der Waals surface area contributed by atoms with E-state index >= 15 is 0 Å². The summed E-state index contributed by atoms with van der Waals surface area (Å²) < 4.78 is 5.33. The Labute approximate surface area is 152 Å². The average Bonchev–Trinajstić information content (AvgIpc) is 3.02. The summed E-state index contributed by atoms with van der Waals surface area (Å²) in [6.45, 7) is 3.58. The number of carbonyl (C=O) groups excluding carboxylic acids is 1. The molecule has 4 aromatic rings. The summed E-state index contributed by atoms with van der Waals surface area (Å²) in [5.41, 5.74) is 1.67. The molecule has 0 saturated carbocycles. The number of para-hydroxylation sites is 1. The van der Waals surface area contributed by atoms with E-state index in [0.717, 1.165) is 16.5 Å². The fourth-order valence-corrected chi connectivity index (χ4v) is 3.76. The molecule has 0 aliphatic rings. The summed E-state index contributed by atoms with van der Waals surface area (Å²) in [7, 11) is 0. The molecule has 7 heteroatoms. The molecule has 0 saturated heterocycles. The van der Waals surface area contributed by atoms with Crippen LogP contribution >= 0.6 is 11.3 Å². The standard InChI is InChI=1S/C19H15N3O3S/c1-10-9-26-18-15(10)19(24)25-17(22-18)11(2)21-16(23)13-7-8-20-14-6-4-3-5-12(13)14/h3-9,11H,1-2H3,(H,21,23)/t11-/m0/s1. The first-order valence-corrected chi connectivity index (χ1v) is 8.96. The molecule has 1 atom stereocenters. The van der Waals surface area contributed by atoms with Gasteiger partial charge in [0.15, 0.2) is 0 Å². The van der Waals surface area contributed by atoms with Gasteiger partial charge in [-0.25, -0.2) is 9.78 Å². The van der Waals surface area contributed by atoms with Crippen LogP contribution in [0.4, 0.5) is 0 Å². The number of rotatable bonds is 3. The van der Waals surface area contributed by atoms with Crippen molar-refractivity contribution in [1.29, 1.82) is 0 Å². The lowest BCUT2D eigenvalue weighted by Crippen LogP contribution is -2.28. The van der Waals surface area contributed by atoms with Crippen LogP contribution in [0, 0.1) is 6.92 Å². The molecule has 130 valence electrons. The Kier molecular flexibility index (Phi) is 4.00. The lowest BCUT2D eigenvalue weighted by molar-refractivity contribution is 0.0935. The van der Waals surface area contributed by atoms with Gasteiger partial charge >= 0.3 is 5.63 Å². The Hall–Kier alpha value is -3.06. The van der Waals surface area contributed by atoms with Crippen LogP contribution in [0.15, 0.2) is 51.1 Å². The van der Waals surface area contributed by atoms with E-state index in [1.807, 2.05) is 36.6 Å². The number of aromatic nitrogens is 2. The number of hydrogen-bond donors (Lipinski definition) is 1. The fraction of sp³-hybridized carbons (Fsp3) is 0.158. The monoisotopic (exact) mass is 365 g/mol. The largest absolute Gasteiger partial charge is 0.406 e. The molecule has 0 spiro atoms. The zero-order valence-electron chi connectivity index (χ0n) is 14.1. The highest BCUT2D eigenvalue weighted by atomic mass is 32.1. The zero-order valence-corrected chi connectivity index (χ0v) is 15.0. The Bertz CT molecular complexity index is 1190. The third-order valence-electron chi connectivity index (χ3n) is 4.18. The van der Waals surface area contributed by atoms with Gasteiger partial charge in [0, 0.05) is 11.6 Å². The van der Waals surface area contributed by atoms with Gasteiger partial charge in [-0.2, -0.15) is 0 Å². The van der Waals surface area contributed by atoms with Gasteiger partial charge in [0.25, 0.3) is 5.91 Å². The SMILES string of the molecule is Cc1csc2nc([C@H](C)NC(=O)c3ccnc4ccccc34)oc(=O)c12. The molecule has 0 unspecified atom stereocenters. The van der Waals surface area contributed by atoms with Gasteiger partial charge in [0.2, 0.25) is 5.89 Å². The summed E-state index contributed by atoms with van der Waals surface area (Å²) in [6, 6.07) is 8.55. The van der Waals surface area contributed by atoms with Crippen molar-refractivity contribution in [3.63, 3.8) is 0 Å². The minimum Gasteiger partial charge on any atom is -0.406 e. The van der Waals surface area contributed by atoms with E-state index in [-0.39, 0.29) is 11.8 Å². The predicted octanol–water partition coefficient (Wildman–Crippen LogP) is 3.60. The second kappa shape index (κ2) is 6.34. The summed E-state index contributed by atoms with van der Waals surface area (Å²) >= 11 is 1.38. The topological polar surface area (TPSA) is 85.1 Å². The average molecular weight is 365 g/mol. The first-order valence-electron chi connectivity index (χ1n) is 8.08. The van der Waals surface area contributed by atoms with Crippen LogP contribution in [-0.4, -0.2) is 15.9 Å². The molecule has 0 radical (unpaired) electrons. The number of pyridine rings is 1. The maximum Gasteiger partial charge on any atom is 0.348 e. The van der Waals surface area contributed by atoms with Crippen molar-refractivity contribution in [2.45, 2.75) is 19.9 Å². The number of hydrogen-bond acceptors (Lipinski definition) is 6. The van der Waals surface area contributed by atoms with Crippen molar-refractivity contribution in [3.8, 4) is 0 Å². The van der Waals surface area contributed by atoms with Gasteiger partial charge in [-0.3, -0.25) is 9.78 Å². The minimum absolute atomic E-state index is 0.191. The highest BCUT2D eigenvalue weighted by molar-refractivity contribution is 7.16. The van der Waals surface area contributed by atoms with E-state index in [2.05, 4.69) is 15.3 Å². The van der Waals surface area contributed by atoms with Crippen LogP contribution in [0.5, 0.6) is 0 Å². The maximum absolute atomic E-state index is 12.7. The van der Waals surface area contributed by atoms with E-state index in [9.17, 15) is 9.59 Å². The first kappa shape index (κ1) is 16.4. The third kappa shape index (κ3) is 2.76. The number of amides is 1. The molecule has 1 N–H and O–H groups in total. The van der Waals surface area contributed by atoms with Crippen molar-refractivity contribution in [2.75, 3.05) is 0 Å². The lowest BCUT2D eigenvalue weighted by Gasteiger charge is -2.13. The summed E-state index contributed by atoms with van der Waals surface area (Å²) in [6.07, 6.45) is 1.60. The molecule has 1 amide bonds. The minimum atomic E-state index is -0.547. The van der Waals surface area contributed by atoms with Crippen molar-refractivity contribution in [2.24, 2.45) is 0 Å². The summed E-state index contributed by atoms with van der Waals surface area (Å²) in [4.78, 5) is 34.2. The Balaban J connectivity index is 1.66. The van der Waals surface area contributed by atoms with E-state index < -0.39 is 11.7 Å². The summed E-state index contributed by atoms with van der Waals surface area (Å²) in [5.74, 6) is -0.0842. The Morgan fingerprint density at radius 3 is 2.92 bits per heavy atom. The highest BCUT2D eigenvalue weighted by Gasteiger charge is 2.19. The van der Waals surface area contributed by atoms with Crippen molar-refractivity contribution in [3.05, 3.63) is 69.3 Å². The van der Waals surface area contributed by atoms with E-state index in [1.165, 1.54) is 11.3 Å². The number of carbonyl (C=O) groups is 1. The van der Waals surface area contributed by atoms with Crippen molar-refractivity contribution < 1.29 is 9.21 Å². The van der Waals surface area contributed by atoms with Gasteiger partial charge in [-0.05, 0) is 36.9 Å². The van der Waals surface area contributed by atoms with Crippen molar-refractivity contribution >= 4 is 38.4 Å². The second-order valence-corrected chi connectivity index (χ2v) is 6.87. The van der Waals surface area contributed by atoms with Crippen LogP contribution < -0.4 is 10.9 Å². The zero-order chi connectivity index (χ0) is 18.3. The van der Waals surface area contributed by atoms with Gasteiger partial charge < -0.3 is 9.73 Å². The summed E-state index contributed by atoms with van der Waals surface area (Å²) in [5, 5.41) is 5.97. The lowest BCUT2D eigenvalue weighted by atomic mass is 10.1. The quantitative estimate of drug-likeness (QED) is 0.600. The van der Waals surface area contributed by atoms with E-state index in [1.54, 1.807) is 19.2 Å². The van der Waals surface area contributed by atoms with Crippen LogP contribution in [0.3, 0.4) is 0 Å². The number of aryl methyl sites for hydroxylation is 1. The smallest absolute Gasteiger partial charge is 0.348 e. The Morgan fingerprint density at radius 1 is 1.27 bits per heavy atom. The van der Waals surface area contributed by atoms with Crippen LogP contribution in [-0.2, 0) is 0 Å².